The van der Waals surface area contributed by atoms with Crippen molar-refractivity contribution >= 4 is 5.91 Å². The molecule has 0 radical (unpaired) electrons. The van der Waals surface area contributed by atoms with E-state index in [-0.39, 0.29) is 17.9 Å². The fourth-order valence-corrected chi connectivity index (χ4v) is 2.13. The summed E-state index contributed by atoms with van der Waals surface area (Å²) in [6.07, 6.45) is 2.11. The zero-order chi connectivity index (χ0) is 14.6. The quantitative estimate of drug-likeness (QED) is 0.802. The number of aryl methyl sites for hydroxylation is 1. The van der Waals surface area contributed by atoms with E-state index in [0.717, 1.165) is 24.2 Å². The maximum atomic E-state index is 12.1. The van der Waals surface area contributed by atoms with E-state index in [9.17, 15) is 9.90 Å². The third-order valence-corrected chi connectivity index (χ3v) is 3.86. The summed E-state index contributed by atoms with van der Waals surface area (Å²) in [5.74, 6) is 0.615. The Morgan fingerprint density at radius 2 is 2.25 bits per heavy atom. The fraction of sp³-hybridized carbons (Fsp3) is 0.562. The van der Waals surface area contributed by atoms with Crippen molar-refractivity contribution in [2.45, 2.75) is 39.2 Å². The van der Waals surface area contributed by atoms with Crippen LogP contribution in [0, 0.1) is 12.3 Å². The van der Waals surface area contributed by atoms with E-state index in [1.54, 1.807) is 0 Å². The number of aliphatic hydroxyl groups excluding tert-OH is 1. The molecule has 1 aliphatic carbocycles. The molecule has 0 aliphatic heterocycles. The highest BCUT2D eigenvalue weighted by Gasteiger charge is 2.42. The lowest BCUT2D eigenvalue weighted by Crippen LogP contribution is -2.41. The molecule has 110 valence electrons. The van der Waals surface area contributed by atoms with Crippen molar-refractivity contribution in [1.82, 2.24) is 5.32 Å². The molecule has 0 heterocycles. The lowest BCUT2D eigenvalue weighted by Gasteiger charge is -2.19. The van der Waals surface area contributed by atoms with Crippen LogP contribution in [0.3, 0.4) is 0 Å². The van der Waals surface area contributed by atoms with Gasteiger partial charge in [0.15, 0.2) is 6.10 Å². The number of amides is 1. The molecule has 1 amide bonds. The van der Waals surface area contributed by atoms with E-state index in [2.05, 4.69) is 5.32 Å². The molecule has 2 N–H and O–H groups in total. The molecule has 0 bridgehead atoms. The van der Waals surface area contributed by atoms with Gasteiger partial charge in [-0.15, -0.1) is 0 Å². The number of hydrogen-bond acceptors (Lipinski definition) is 3. The van der Waals surface area contributed by atoms with E-state index >= 15 is 0 Å². The zero-order valence-corrected chi connectivity index (χ0v) is 12.2. The number of aliphatic hydroxyl groups is 1. The smallest absolute Gasteiger partial charge is 0.261 e. The van der Waals surface area contributed by atoms with Crippen LogP contribution in [-0.2, 0) is 4.79 Å². The van der Waals surface area contributed by atoms with Crippen LogP contribution in [0.1, 0.15) is 31.7 Å². The van der Waals surface area contributed by atoms with Gasteiger partial charge in [-0.3, -0.25) is 4.79 Å². The highest BCUT2D eigenvalue weighted by molar-refractivity contribution is 5.81. The van der Waals surface area contributed by atoms with Crippen LogP contribution in [0.2, 0.25) is 0 Å². The summed E-state index contributed by atoms with van der Waals surface area (Å²) in [5, 5.41) is 12.1. The van der Waals surface area contributed by atoms with Gasteiger partial charge in [-0.05, 0) is 43.9 Å². The molecule has 0 aromatic heterocycles. The molecular formula is C16H23NO3. The van der Waals surface area contributed by atoms with E-state index in [4.69, 9.17) is 4.74 Å². The first-order valence-electron chi connectivity index (χ1n) is 7.20. The SMILES string of the molecule is CCC(Oc1cccc(C)c1)C(=O)NCC1(CO)CC1. The number of carbonyl (C=O) groups excluding carboxylic acids is 1. The average molecular weight is 277 g/mol. The first-order valence-corrected chi connectivity index (χ1v) is 7.20. The number of carbonyl (C=O) groups is 1. The minimum Gasteiger partial charge on any atom is -0.481 e. The average Bonchev–Trinajstić information content (AvgIpc) is 3.23. The monoisotopic (exact) mass is 277 g/mol. The number of hydrogen-bond donors (Lipinski definition) is 2. The molecule has 0 saturated heterocycles. The minimum absolute atomic E-state index is 0.0721. The fourth-order valence-electron chi connectivity index (χ4n) is 2.13. The predicted octanol–water partition coefficient (Wildman–Crippen LogP) is 2.04. The number of nitrogens with one attached hydrogen (secondary N) is 1. The lowest BCUT2D eigenvalue weighted by atomic mass is 10.1. The molecule has 20 heavy (non-hydrogen) atoms. The summed E-state index contributed by atoms with van der Waals surface area (Å²) in [7, 11) is 0. The van der Waals surface area contributed by atoms with Crippen molar-refractivity contribution < 1.29 is 14.6 Å². The molecule has 1 aromatic rings. The van der Waals surface area contributed by atoms with Crippen LogP contribution in [0.15, 0.2) is 24.3 Å². The molecule has 1 unspecified atom stereocenters. The third kappa shape index (κ3) is 3.73. The Morgan fingerprint density at radius 3 is 2.80 bits per heavy atom. The molecule has 0 spiro atoms. The van der Waals surface area contributed by atoms with Gasteiger partial charge in [-0.25, -0.2) is 0 Å². The van der Waals surface area contributed by atoms with Crippen LogP contribution in [0.5, 0.6) is 5.75 Å². The second kappa shape index (κ2) is 6.27. The Labute approximate surface area is 120 Å². The molecule has 1 saturated carbocycles. The van der Waals surface area contributed by atoms with E-state index in [1.807, 2.05) is 38.1 Å². The van der Waals surface area contributed by atoms with Crippen molar-refractivity contribution in [3.05, 3.63) is 29.8 Å². The van der Waals surface area contributed by atoms with Gasteiger partial charge in [-0.1, -0.05) is 19.1 Å². The van der Waals surface area contributed by atoms with Crippen molar-refractivity contribution in [3.63, 3.8) is 0 Å². The predicted molar refractivity (Wildman–Crippen MR) is 77.6 cm³/mol. The molecule has 1 fully saturated rings. The first-order chi connectivity index (χ1) is 9.58. The maximum Gasteiger partial charge on any atom is 0.261 e. The Bertz CT molecular complexity index is 469. The van der Waals surface area contributed by atoms with Gasteiger partial charge in [-0.2, -0.15) is 0 Å². The Morgan fingerprint density at radius 1 is 1.50 bits per heavy atom. The van der Waals surface area contributed by atoms with Gasteiger partial charge in [0.1, 0.15) is 5.75 Å². The maximum absolute atomic E-state index is 12.1. The summed E-state index contributed by atoms with van der Waals surface area (Å²) >= 11 is 0. The normalized spacial score (nSPS) is 17.4. The molecule has 1 atom stereocenters. The van der Waals surface area contributed by atoms with Crippen LogP contribution in [0.4, 0.5) is 0 Å². The van der Waals surface area contributed by atoms with Crippen molar-refractivity contribution in [3.8, 4) is 5.75 Å². The van der Waals surface area contributed by atoms with Crippen LogP contribution in [0.25, 0.3) is 0 Å². The van der Waals surface area contributed by atoms with E-state index in [0.29, 0.717) is 13.0 Å². The highest BCUT2D eigenvalue weighted by atomic mass is 16.5. The summed E-state index contributed by atoms with van der Waals surface area (Å²) in [5.41, 5.74) is 1.03. The van der Waals surface area contributed by atoms with Gasteiger partial charge >= 0.3 is 0 Å². The molecule has 4 nitrogen and oxygen atoms in total. The van der Waals surface area contributed by atoms with Crippen LogP contribution in [-0.4, -0.2) is 30.3 Å². The standard InChI is InChI=1S/C16H23NO3/c1-3-14(20-13-6-4-5-12(2)9-13)15(19)17-10-16(11-18)7-8-16/h4-6,9,14,18H,3,7-8,10-11H2,1-2H3,(H,17,19). The summed E-state index contributed by atoms with van der Waals surface area (Å²) in [6, 6.07) is 7.69. The number of benzene rings is 1. The van der Waals surface area contributed by atoms with E-state index < -0.39 is 6.10 Å². The molecule has 1 aromatic carbocycles. The topological polar surface area (TPSA) is 58.6 Å². The Balaban J connectivity index is 1.89. The largest absolute Gasteiger partial charge is 0.481 e. The summed E-state index contributed by atoms with van der Waals surface area (Å²) in [4.78, 5) is 12.1. The van der Waals surface area contributed by atoms with E-state index in [1.165, 1.54) is 0 Å². The van der Waals surface area contributed by atoms with Crippen molar-refractivity contribution in [2.75, 3.05) is 13.2 Å². The number of rotatable bonds is 7. The van der Waals surface area contributed by atoms with Gasteiger partial charge in [0.05, 0.1) is 6.61 Å². The lowest BCUT2D eigenvalue weighted by molar-refractivity contribution is -0.128. The minimum atomic E-state index is -0.480. The molecule has 1 aliphatic rings. The molecular weight excluding hydrogens is 254 g/mol. The van der Waals surface area contributed by atoms with Crippen molar-refractivity contribution in [1.29, 1.82) is 0 Å². The number of ether oxygens (including phenoxy) is 1. The first kappa shape index (κ1) is 14.9. The van der Waals surface area contributed by atoms with Crippen LogP contribution >= 0.6 is 0 Å². The van der Waals surface area contributed by atoms with Gasteiger partial charge in [0, 0.05) is 12.0 Å². The summed E-state index contributed by atoms with van der Waals surface area (Å²) in [6.45, 7) is 4.60. The van der Waals surface area contributed by atoms with Gasteiger partial charge in [0.25, 0.3) is 5.91 Å². The summed E-state index contributed by atoms with van der Waals surface area (Å²) < 4.78 is 5.75. The highest BCUT2D eigenvalue weighted by Crippen LogP contribution is 2.44. The van der Waals surface area contributed by atoms with Gasteiger partial charge < -0.3 is 15.2 Å². The Kier molecular flexibility index (Phi) is 4.65. The Hall–Kier alpha value is -1.55. The second-order valence-electron chi connectivity index (χ2n) is 5.71. The molecule has 4 heteroatoms. The van der Waals surface area contributed by atoms with Gasteiger partial charge in [0.2, 0.25) is 0 Å². The third-order valence-electron chi connectivity index (χ3n) is 3.86. The second-order valence-corrected chi connectivity index (χ2v) is 5.71. The van der Waals surface area contributed by atoms with Crippen LogP contribution < -0.4 is 10.1 Å². The molecule has 2 rings (SSSR count). The van der Waals surface area contributed by atoms with Crippen molar-refractivity contribution in [2.24, 2.45) is 5.41 Å². The zero-order valence-electron chi connectivity index (χ0n) is 12.2.